The van der Waals surface area contributed by atoms with Crippen LogP contribution in [0.1, 0.15) is 36.7 Å². The molecule has 1 fully saturated rings. The lowest BCUT2D eigenvalue weighted by Crippen LogP contribution is -2.38. The van der Waals surface area contributed by atoms with Crippen LogP contribution >= 0.6 is 28.4 Å². The maximum absolute atomic E-state index is 11.9. The van der Waals surface area contributed by atoms with E-state index >= 15 is 0 Å². The fourth-order valence-corrected chi connectivity index (χ4v) is 8.02. The number of hydrogen-bond donors (Lipinski definition) is 0. The smallest absolute Gasteiger partial charge is 0.240 e. The van der Waals surface area contributed by atoms with Gasteiger partial charge in [-0.15, -0.1) is 5.10 Å². The zero-order chi connectivity index (χ0) is 29.5. The van der Waals surface area contributed by atoms with Gasteiger partial charge >= 0.3 is 0 Å². The summed E-state index contributed by atoms with van der Waals surface area (Å²) in [6.45, 7) is 4.97. The summed E-state index contributed by atoms with van der Waals surface area (Å²) in [4.78, 5) is 2.25. The number of benzene rings is 1. The van der Waals surface area contributed by atoms with Gasteiger partial charge in [-0.3, -0.25) is 9.58 Å². The third kappa shape index (κ3) is 5.90. The first-order chi connectivity index (χ1) is 20.2. The zero-order valence-corrected chi connectivity index (χ0v) is 28.4. The first kappa shape index (κ1) is 29.7. The van der Waals surface area contributed by atoms with Crippen LogP contribution in [0.5, 0.6) is 11.8 Å². The maximum atomic E-state index is 11.9. The van der Waals surface area contributed by atoms with Gasteiger partial charge in [0.1, 0.15) is 12.2 Å². The SMILES string of the molecule is CC1CN(C)Cc2c(c(OC3CCN(S(C)=O)CC3)nn2C)/C=C/c2nn(PI)c3ccc(cc23)-c2cnn(C)c2O1. The van der Waals surface area contributed by atoms with Gasteiger partial charge < -0.3 is 9.47 Å². The molecule has 2 aliphatic heterocycles. The third-order valence-corrected chi connectivity index (χ3v) is 10.9. The van der Waals surface area contributed by atoms with Crippen molar-refractivity contribution in [2.45, 2.75) is 38.5 Å². The van der Waals surface area contributed by atoms with Gasteiger partial charge in [0.05, 0.1) is 51.6 Å². The molecule has 3 aromatic heterocycles. The van der Waals surface area contributed by atoms with E-state index in [-0.39, 0.29) is 12.2 Å². The molecule has 0 amide bonds. The molecule has 0 spiro atoms. The molecule has 0 aliphatic carbocycles. The van der Waals surface area contributed by atoms with Crippen molar-refractivity contribution in [3.8, 4) is 22.9 Å². The molecule has 224 valence electrons. The van der Waals surface area contributed by atoms with E-state index in [1.165, 1.54) is 0 Å². The first-order valence-corrected chi connectivity index (χ1v) is 19.6. The summed E-state index contributed by atoms with van der Waals surface area (Å²) >= 11 is 2.37. The Kier molecular flexibility index (Phi) is 8.75. The third-order valence-electron chi connectivity index (χ3n) is 7.91. The van der Waals surface area contributed by atoms with E-state index in [0.29, 0.717) is 25.3 Å². The molecule has 5 heterocycles. The number of aryl methyl sites for hydroxylation is 2. The molecule has 0 saturated carbocycles. The van der Waals surface area contributed by atoms with Crippen LogP contribution in [-0.4, -0.2) is 87.7 Å². The van der Waals surface area contributed by atoms with Crippen LogP contribution in [0, 0.1) is 0 Å². The highest BCUT2D eigenvalue weighted by molar-refractivity contribution is 14.2. The number of piperidine rings is 1. The zero-order valence-electron chi connectivity index (χ0n) is 24.5. The van der Waals surface area contributed by atoms with Crippen LogP contribution in [0.4, 0.5) is 0 Å². The fraction of sp³-hybridized carbons (Fsp3) is 0.464. The quantitative estimate of drug-likeness (QED) is 0.227. The molecule has 1 saturated heterocycles. The van der Waals surface area contributed by atoms with Crippen LogP contribution in [0.25, 0.3) is 34.2 Å². The van der Waals surface area contributed by atoms with Gasteiger partial charge in [-0.25, -0.2) is 17.6 Å². The standard InChI is InChI=1S/C28H36IN8O3PS/c1-18-16-33(2)17-26-21(27(32-34(26)3)40-20-10-12-36(13-11-20)42(5)38)7-8-24-22-14-19(6-9-25(22)37(31-24)41-29)23-15-30-35(4)28(23)39-18/h6-9,14-15,18,20,41H,10-13,16-17H2,1-5H3/b8-7+. The van der Waals surface area contributed by atoms with Gasteiger partial charge in [0.15, 0.2) is 0 Å². The fourth-order valence-electron chi connectivity index (χ4n) is 5.76. The maximum Gasteiger partial charge on any atom is 0.240 e. The van der Waals surface area contributed by atoms with Gasteiger partial charge in [-0.1, -0.05) is 6.07 Å². The van der Waals surface area contributed by atoms with E-state index in [1.54, 1.807) is 10.9 Å². The molecule has 42 heavy (non-hydrogen) atoms. The Labute approximate surface area is 263 Å². The van der Waals surface area contributed by atoms with Crippen LogP contribution in [0.2, 0.25) is 0 Å². The van der Waals surface area contributed by atoms with Crippen LogP contribution in [0.3, 0.4) is 0 Å². The van der Waals surface area contributed by atoms with Crippen molar-refractivity contribution in [2.75, 3.05) is 32.9 Å². The summed E-state index contributed by atoms with van der Waals surface area (Å²) in [7, 11) is 5.03. The van der Waals surface area contributed by atoms with E-state index in [4.69, 9.17) is 19.7 Å². The Balaban J connectivity index is 1.44. The molecular formula is C28H36IN8O3PS. The molecule has 0 N–H and O–H groups in total. The number of fused-ring (bicyclic) bond motifs is 4. The van der Waals surface area contributed by atoms with E-state index in [2.05, 4.69) is 76.4 Å². The van der Waals surface area contributed by atoms with Gasteiger partial charge in [-0.05, 0) is 78.7 Å². The minimum atomic E-state index is -0.956. The van der Waals surface area contributed by atoms with Crippen molar-refractivity contribution in [3.63, 3.8) is 0 Å². The summed E-state index contributed by atoms with van der Waals surface area (Å²) in [5.41, 5.74) is 5.98. The Morgan fingerprint density at radius 2 is 1.90 bits per heavy atom. The highest BCUT2D eigenvalue weighted by Gasteiger charge is 2.26. The minimum absolute atomic E-state index is 0.0230. The second kappa shape index (κ2) is 12.4. The summed E-state index contributed by atoms with van der Waals surface area (Å²) < 4.78 is 32.8. The van der Waals surface area contributed by atoms with Crippen LogP contribution in [-0.2, 0) is 31.6 Å². The van der Waals surface area contributed by atoms with Crippen molar-refractivity contribution < 1.29 is 13.7 Å². The molecular weight excluding hydrogens is 686 g/mol. The first-order valence-electron chi connectivity index (χ1n) is 14.0. The van der Waals surface area contributed by atoms with Crippen molar-refractivity contribution in [1.29, 1.82) is 0 Å². The number of halogens is 1. The largest absolute Gasteiger partial charge is 0.473 e. The van der Waals surface area contributed by atoms with Crippen molar-refractivity contribution >= 4 is 62.5 Å². The van der Waals surface area contributed by atoms with E-state index in [9.17, 15) is 4.21 Å². The number of likely N-dealkylation sites (N-methyl/N-ethyl adjacent to an activating group) is 1. The number of nitrogens with zero attached hydrogens (tertiary/aromatic N) is 8. The number of aromatic nitrogens is 6. The molecule has 2 aliphatic rings. The summed E-state index contributed by atoms with van der Waals surface area (Å²) in [5.74, 6) is 1.38. The lowest BCUT2D eigenvalue weighted by molar-refractivity contribution is 0.131. The van der Waals surface area contributed by atoms with Crippen LogP contribution < -0.4 is 9.47 Å². The van der Waals surface area contributed by atoms with Crippen molar-refractivity contribution in [1.82, 2.24) is 38.3 Å². The molecule has 6 rings (SSSR count). The summed E-state index contributed by atoms with van der Waals surface area (Å²) in [5, 5.41) is 15.4. The molecule has 0 radical (unpaired) electrons. The van der Waals surface area contributed by atoms with Gasteiger partial charge in [-0.2, -0.15) is 10.2 Å². The van der Waals surface area contributed by atoms with E-state index < -0.39 is 11.0 Å². The minimum Gasteiger partial charge on any atom is -0.473 e. The molecule has 2 bridgehead atoms. The van der Waals surface area contributed by atoms with E-state index in [1.807, 2.05) is 33.7 Å². The average Bonchev–Trinajstić information content (AvgIpc) is 3.59. The van der Waals surface area contributed by atoms with Crippen molar-refractivity contribution in [2.24, 2.45) is 14.1 Å². The predicted molar refractivity (Wildman–Crippen MR) is 178 cm³/mol. The molecule has 14 heteroatoms. The summed E-state index contributed by atoms with van der Waals surface area (Å²) in [6.07, 6.45) is 9.84. The highest BCUT2D eigenvalue weighted by atomic mass is 127. The highest BCUT2D eigenvalue weighted by Crippen LogP contribution is 2.37. The van der Waals surface area contributed by atoms with Crippen LogP contribution in [0.15, 0.2) is 24.4 Å². The topological polar surface area (TPSA) is 95.5 Å². The van der Waals surface area contributed by atoms with Crippen molar-refractivity contribution in [3.05, 3.63) is 41.3 Å². The molecule has 1 aromatic carbocycles. The Hall–Kier alpha value is -2.32. The lowest BCUT2D eigenvalue weighted by atomic mass is 10.0. The number of ether oxygens (including phenoxy) is 2. The monoisotopic (exact) mass is 722 g/mol. The Morgan fingerprint density at radius 3 is 2.64 bits per heavy atom. The van der Waals surface area contributed by atoms with E-state index in [0.717, 1.165) is 70.8 Å². The number of rotatable bonds is 4. The Morgan fingerprint density at radius 1 is 1.12 bits per heavy atom. The second-order valence-corrected chi connectivity index (χ2v) is 14.4. The van der Waals surface area contributed by atoms with Gasteiger partial charge in [0.2, 0.25) is 11.8 Å². The van der Waals surface area contributed by atoms with Gasteiger partial charge in [0.25, 0.3) is 0 Å². The number of hydrogen-bond acceptors (Lipinski definition) is 7. The molecule has 3 unspecified atom stereocenters. The average molecular weight is 723 g/mol. The predicted octanol–water partition coefficient (Wildman–Crippen LogP) is 4.48. The van der Waals surface area contributed by atoms with Gasteiger partial charge in [0, 0.05) is 51.9 Å². The normalized spacial score (nSPS) is 20.8. The second-order valence-electron chi connectivity index (χ2n) is 11.0. The molecule has 11 nitrogen and oxygen atoms in total. The molecule has 4 aromatic rings. The lowest BCUT2D eigenvalue weighted by Gasteiger charge is -2.29. The molecule has 3 atom stereocenters. The summed E-state index contributed by atoms with van der Waals surface area (Å²) in [6, 6.07) is 6.43. The Bertz CT molecular complexity index is 1660.